The number of amides is 1. The van der Waals surface area contributed by atoms with E-state index >= 15 is 0 Å². The summed E-state index contributed by atoms with van der Waals surface area (Å²) >= 11 is 0. The predicted octanol–water partition coefficient (Wildman–Crippen LogP) is 2.91. The molecule has 0 atom stereocenters. The highest BCUT2D eigenvalue weighted by atomic mass is 32.2. The molecule has 0 aromatic rings. The second-order valence-corrected chi connectivity index (χ2v) is 11.9. The first-order valence-corrected chi connectivity index (χ1v) is 11.4. The lowest BCUT2D eigenvalue weighted by atomic mass is 9.64. The van der Waals surface area contributed by atoms with Crippen LogP contribution in [0.5, 0.6) is 0 Å². The van der Waals surface area contributed by atoms with E-state index in [0.717, 1.165) is 12.8 Å². The van der Waals surface area contributed by atoms with Crippen LogP contribution >= 0.6 is 0 Å². The highest BCUT2D eigenvalue weighted by Gasteiger charge is 2.42. The number of hydrogen-bond donors (Lipinski definition) is 1. The molecule has 1 saturated heterocycles. The topological polar surface area (TPSA) is 66.5 Å². The summed E-state index contributed by atoms with van der Waals surface area (Å²) < 4.78 is 25.9. The summed E-state index contributed by atoms with van der Waals surface area (Å²) in [5.41, 5.74) is 0. The summed E-state index contributed by atoms with van der Waals surface area (Å²) in [5.74, 6) is 1.63. The molecule has 6 heteroatoms. The second kappa shape index (κ2) is 7.18. The van der Waals surface area contributed by atoms with E-state index in [9.17, 15) is 13.2 Å². The highest BCUT2D eigenvalue weighted by molar-refractivity contribution is 7.90. The van der Waals surface area contributed by atoms with Gasteiger partial charge in [0.05, 0.1) is 4.75 Å². The van der Waals surface area contributed by atoms with Crippen LogP contribution in [0.1, 0.15) is 72.1 Å². The van der Waals surface area contributed by atoms with Crippen molar-refractivity contribution in [1.29, 1.82) is 0 Å². The summed E-state index contributed by atoms with van der Waals surface area (Å²) in [6, 6.07) is 0.126. The molecule has 0 radical (unpaired) electrons. The summed E-state index contributed by atoms with van der Waals surface area (Å²) in [5, 5.41) is 3.27. The largest absolute Gasteiger partial charge is 0.353 e. The molecule has 144 valence electrons. The van der Waals surface area contributed by atoms with Crippen molar-refractivity contribution in [3.05, 3.63) is 0 Å². The third kappa shape index (κ3) is 3.90. The Morgan fingerprint density at radius 3 is 1.80 bits per heavy atom. The molecule has 2 saturated carbocycles. The average Bonchev–Trinajstić information content (AvgIpc) is 2.42. The fraction of sp³-hybridized carbons (Fsp3) is 0.947. The van der Waals surface area contributed by atoms with Gasteiger partial charge in [0, 0.05) is 25.0 Å². The maximum absolute atomic E-state index is 12.9. The van der Waals surface area contributed by atoms with Crippen molar-refractivity contribution in [2.45, 2.75) is 82.9 Å². The molecular weight excluding hydrogens is 336 g/mol. The lowest BCUT2D eigenvalue weighted by Crippen LogP contribution is -2.52. The predicted molar refractivity (Wildman–Crippen MR) is 99.6 cm³/mol. The molecule has 0 unspecified atom stereocenters. The van der Waals surface area contributed by atoms with E-state index in [4.69, 9.17) is 0 Å². The van der Waals surface area contributed by atoms with Crippen LogP contribution in [0.25, 0.3) is 0 Å². The minimum atomic E-state index is -3.26. The van der Waals surface area contributed by atoms with E-state index in [-0.39, 0.29) is 17.9 Å². The van der Waals surface area contributed by atoms with Crippen LogP contribution in [0, 0.1) is 17.8 Å². The molecule has 3 fully saturated rings. The van der Waals surface area contributed by atoms with Crippen molar-refractivity contribution < 1.29 is 13.2 Å². The van der Waals surface area contributed by atoms with Gasteiger partial charge in [-0.05, 0) is 71.1 Å². The molecule has 0 aromatic carbocycles. The van der Waals surface area contributed by atoms with E-state index in [2.05, 4.69) is 5.32 Å². The Morgan fingerprint density at radius 1 is 0.960 bits per heavy atom. The molecule has 25 heavy (non-hydrogen) atoms. The number of carbonyl (C=O) groups is 1. The van der Waals surface area contributed by atoms with Gasteiger partial charge in [-0.2, -0.15) is 0 Å². The van der Waals surface area contributed by atoms with Gasteiger partial charge in [-0.3, -0.25) is 4.79 Å². The first-order chi connectivity index (χ1) is 11.7. The maximum atomic E-state index is 12.9. The second-order valence-electron chi connectivity index (χ2n) is 9.21. The Kier molecular flexibility index (Phi) is 5.50. The zero-order valence-electron chi connectivity index (χ0n) is 16.0. The average molecular weight is 371 g/mol. The van der Waals surface area contributed by atoms with Crippen molar-refractivity contribution >= 4 is 15.9 Å². The Hall–Kier alpha value is -0.620. The van der Waals surface area contributed by atoms with E-state index < -0.39 is 14.8 Å². The summed E-state index contributed by atoms with van der Waals surface area (Å²) in [6.07, 6.45) is 8.81. The van der Waals surface area contributed by atoms with Gasteiger partial charge >= 0.3 is 0 Å². The first-order valence-electron chi connectivity index (χ1n) is 10.0. The molecule has 0 aromatic heterocycles. The third-order valence-corrected chi connectivity index (χ3v) is 9.12. The van der Waals surface area contributed by atoms with E-state index in [1.165, 1.54) is 38.5 Å². The number of rotatable bonds is 5. The van der Waals surface area contributed by atoms with Gasteiger partial charge in [0.1, 0.15) is 0 Å². The SMILES string of the molecule is CC(C)(C)S(=O)(=O)N1CCC(NC(=O)C(C2CCC2)C2CCC2)CC1. The molecule has 1 amide bonds. The lowest BCUT2D eigenvalue weighted by molar-refractivity contribution is -0.132. The Morgan fingerprint density at radius 2 is 1.44 bits per heavy atom. The first kappa shape index (κ1) is 19.2. The summed E-state index contributed by atoms with van der Waals surface area (Å²) in [6.45, 7) is 6.28. The van der Waals surface area contributed by atoms with Crippen LogP contribution < -0.4 is 5.32 Å². The summed E-state index contributed by atoms with van der Waals surface area (Å²) in [7, 11) is -3.26. The van der Waals surface area contributed by atoms with Crippen LogP contribution in [-0.4, -0.2) is 42.5 Å². The van der Waals surface area contributed by atoms with Crippen LogP contribution in [0.15, 0.2) is 0 Å². The van der Waals surface area contributed by atoms with Gasteiger partial charge in [0.25, 0.3) is 0 Å². The summed E-state index contributed by atoms with van der Waals surface area (Å²) in [4.78, 5) is 12.9. The number of nitrogens with zero attached hydrogens (tertiary/aromatic N) is 1. The zero-order valence-corrected chi connectivity index (χ0v) is 16.8. The van der Waals surface area contributed by atoms with Crippen LogP contribution in [-0.2, 0) is 14.8 Å². The minimum Gasteiger partial charge on any atom is -0.353 e. The number of nitrogens with one attached hydrogen (secondary N) is 1. The third-order valence-electron chi connectivity index (χ3n) is 6.53. The van der Waals surface area contributed by atoms with Crippen LogP contribution in [0.4, 0.5) is 0 Å². The van der Waals surface area contributed by atoms with Gasteiger partial charge in [-0.15, -0.1) is 0 Å². The highest BCUT2D eigenvalue weighted by Crippen LogP contribution is 2.44. The van der Waals surface area contributed by atoms with Crippen LogP contribution in [0.2, 0.25) is 0 Å². The van der Waals surface area contributed by atoms with Gasteiger partial charge in [-0.1, -0.05) is 12.8 Å². The molecule has 3 rings (SSSR count). The standard InChI is InChI=1S/C19H34N2O3S/c1-19(2,3)25(23,24)21-12-10-16(11-13-21)20-18(22)17(14-6-4-7-14)15-8-5-9-15/h14-17H,4-13H2,1-3H3,(H,20,22). The normalized spacial score (nSPS) is 24.8. The van der Waals surface area contributed by atoms with E-state index in [0.29, 0.717) is 24.9 Å². The maximum Gasteiger partial charge on any atom is 0.223 e. The Labute approximate surface area is 153 Å². The van der Waals surface area contributed by atoms with Gasteiger partial charge in [0.2, 0.25) is 15.9 Å². The fourth-order valence-corrected chi connectivity index (χ4v) is 5.80. The number of piperidine rings is 1. The van der Waals surface area contributed by atoms with Crippen molar-refractivity contribution in [3.8, 4) is 0 Å². The Balaban J connectivity index is 1.54. The number of sulfonamides is 1. The van der Waals surface area contributed by atoms with Crippen molar-refractivity contribution in [2.75, 3.05) is 13.1 Å². The molecule has 1 N–H and O–H groups in total. The molecule has 1 aliphatic heterocycles. The van der Waals surface area contributed by atoms with Gasteiger partial charge < -0.3 is 5.32 Å². The van der Waals surface area contributed by atoms with Crippen LogP contribution in [0.3, 0.4) is 0 Å². The minimum absolute atomic E-state index is 0.126. The fourth-order valence-electron chi connectivity index (χ4n) is 4.34. The molecular formula is C19H34N2O3S. The molecule has 0 bridgehead atoms. The van der Waals surface area contributed by atoms with Gasteiger partial charge in [0.15, 0.2) is 0 Å². The lowest BCUT2D eigenvalue weighted by Gasteiger charge is -2.42. The molecule has 3 aliphatic rings. The molecule has 2 aliphatic carbocycles. The van der Waals surface area contributed by atoms with Crippen molar-refractivity contribution in [2.24, 2.45) is 17.8 Å². The molecule has 0 spiro atoms. The number of hydrogen-bond acceptors (Lipinski definition) is 3. The van der Waals surface area contributed by atoms with E-state index in [1.807, 2.05) is 0 Å². The molecule has 5 nitrogen and oxygen atoms in total. The monoisotopic (exact) mass is 370 g/mol. The Bertz CT molecular complexity index is 566. The smallest absolute Gasteiger partial charge is 0.223 e. The quantitative estimate of drug-likeness (QED) is 0.809. The van der Waals surface area contributed by atoms with Crippen molar-refractivity contribution in [3.63, 3.8) is 0 Å². The van der Waals surface area contributed by atoms with Crippen molar-refractivity contribution in [1.82, 2.24) is 9.62 Å². The van der Waals surface area contributed by atoms with E-state index in [1.54, 1.807) is 25.1 Å². The number of carbonyl (C=O) groups excluding carboxylic acids is 1. The zero-order chi connectivity index (χ0) is 18.2. The molecule has 1 heterocycles. The van der Waals surface area contributed by atoms with Gasteiger partial charge in [-0.25, -0.2) is 12.7 Å².